The van der Waals surface area contributed by atoms with Crippen LogP contribution in [0.2, 0.25) is 5.02 Å². The highest BCUT2D eigenvalue weighted by Gasteiger charge is 2.25. The van der Waals surface area contributed by atoms with E-state index in [2.05, 4.69) is 0 Å². The minimum Gasteiger partial charge on any atom is -0.212 e. The van der Waals surface area contributed by atoms with E-state index in [-0.39, 0.29) is 10.6 Å². The SMILES string of the molecule is CC(c1c(F)cccc1Cl)S(=O)(=O)Cl. The number of halogens is 3. The molecule has 0 saturated heterocycles. The smallest absolute Gasteiger partial charge is 0.212 e. The highest BCUT2D eigenvalue weighted by Crippen LogP contribution is 2.32. The molecule has 0 N–H and O–H groups in total. The summed E-state index contributed by atoms with van der Waals surface area (Å²) in [5.41, 5.74) is -0.0934. The standard InChI is InChI=1S/C8H7Cl2FO2S/c1-5(14(10,12)13)8-6(9)3-2-4-7(8)11/h2-5H,1H3. The van der Waals surface area contributed by atoms with Crippen molar-refractivity contribution in [3.05, 3.63) is 34.6 Å². The van der Waals surface area contributed by atoms with Crippen molar-refractivity contribution in [3.8, 4) is 0 Å². The third-order valence-electron chi connectivity index (χ3n) is 1.83. The van der Waals surface area contributed by atoms with Gasteiger partial charge < -0.3 is 0 Å². The molecule has 0 amide bonds. The highest BCUT2D eigenvalue weighted by molar-refractivity contribution is 8.13. The lowest BCUT2D eigenvalue weighted by Gasteiger charge is -2.10. The second kappa shape index (κ2) is 4.04. The van der Waals surface area contributed by atoms with Crippen molar-refractivity contribution >= 4 is 31.3 Å². The summed E-state index contributed by atoms with van der Waals surface area (Å²) in [6.45, 7) is 1.28. The van der Waals surface area contributed by atoms with Crippen LogP contribution in [0.1, 0.15) is 17.7 Å². The normalized spacial score (nSPS) is 14.0. The highest BCUT2D eigenvalue weighted by atomic mass is 35.7. The van der Waals surface area contributed by atoms with Crippen LogP contribution in [0.4, 0.5) is 4.39 Å². The Morgan fingerprint density at radius 1 is 1.43 bits per heavy atom. The van der Waals surface area contributed by atoms with Gasteiger partial charge in [-0.2, -0.15) is 0 Å². The Morgan fingerprint density at radius 3 is 2.43 bits per heavy atom. The van der Waals surface area contributed by atoms with Crippen LogP contribution in [-0.4, -0.2) is 8.42 Å². The van der Waals surface area contributed by atoms with Crippen molar-refractivity contribution < 1.29 is 12.8 Å². The lowest BCUT2D eigenvalue weighted by Crippen LogP contribution is -2.06. The molecular formula is C8H7Cl2FO2S. The maximum absolute atomic E-state index is 13.2. The lowest BCUT2D eigenvalue weighted by atomic mass is 10.1. The van der Waals surface area contributed by atoms with Gasteiger partial charge in [-0.05, 0) is 19.1 Å². The first kappa shape index (κ1) is 11.8. The molecule has 0 heterocycles. The van der Waals surface area contributed by atoms with Crippen molar-refractivity contribution in [2.75, 3.05) is 0 Å². The van der Waals surface area contributed by atoms with E-state index >= 15 is 0 Å². The third kappa shape index (κ3) is 2.38. The van der Waals surface area contributed by atoms with Crippen LogP contribution in [-0.2, 0) is 9.05 Å². The number of benzene rings is 1. The van der Waals surface area contributed by atoms with Gasteiger partial charge in [-0.15, -0.1) is 0 Å². The molecule has 14 heavy (non-hydrogen) atoms. The largest absolute Gasteiger partial charge is 0.239 e. The van der Waals surface area contributed by atoms with E-state index in [1.165, 1.54) is 19.1 Å². The van der Waals surface area contributed by atoms with Crippen molar-refractivity contribution in [1.82, 2.24) is 0 Å². The molecule has 2 nitrogen and oxygen atoms in total. The van der Waals surface area contributed by atoms with E-state index in [0.717, 1.165) is 6.07 Å². The maximum Gasteiger partial charge on any atom is 0.239 e. The van der Waals surface area contributed by atoms with Gasteiger partial charge in [0.15, 0.2) is 0 Å². The molecular weight excluding hydrogens is 250 g/mol. The van der Waals surface area contributed by atoms with Crippen LogP contribution >= 0.6 is 22.3 Å². The van der Waals surface area contributed by atoms with Gasteiger partial charge in [-0.1, -0.05) is 17.7 Å². The molecule has 0 fully saturated rings. The van der Waals surface area contributed by atoms with Crippen LogP contribution in [0.15, 0.2) is 18.2 Å². The molecule has 0 aliphatic carbocycles. The molecule has 0 bridgehead atoms. The Balaban J connectivity index is 3.33. The van der Waals surface area contributed by atoms with E-state index in [4.69, 9.17) is 22.3 Å². The summed E-state index contributed by atoms with van der Waals surface area (Å²) >= 11 is 5.67. The topological polar surface area (TPSA) is 34.1 Å². The first-order valence-corrected chi connectivity index (χ1v) is 6.46. The van der Waals surface area contributed by atoms with Gasteiger partial charge in [-0.25, -0.2) is 12.8 Å². The molecule has 1 aromatic carbocycles. The van der Waals surface area contributed by atoms with Crippen LogP contribution in [0.3, 0.4) is 0 Å². The van der Waals surface area contributed by atoms with E-state index < -0.39 is 20.1 Å². The molecule has 0 aromatic heterocycles. The summed E-state index contributed by atoms with van der Waals surface area (Å²) < 4.78 is 35.2. The van der Waals surface area contributed by atoms with Gasteiger partial charge in [0.2, 0.25) is 9.05 Å². The fourth-order valence-corrected chi connectivity index (χ4v) is 2.22. The van der Waals surface area contributed by atoms with Crippen molar-refractivity contribution in [2.45, 2.75) is 12.2 Å². The molecule has 0 radical (unpaired) electrons. The quantitative estimate of drug-likeness (QED) is 0.763. The molecule has 0 saturated carbocycles. The van der Waals surface area contributed by atoms with Gasteiger partial charge in [-0.3, -0.25) is 0 Å². The zero-order valence-corrected chi connectivity index (χ0v) is 9.50. The Bertz CT molecular complexity index is 424. The average Bonchev–Trinajstić information content (AvgIpc) is 2.01. The van der Waals surface area contributed by atoms with E-state index in [1.54, 1.807) is 0 Å². The Kier molecular flexibility index (Phi) is 3.40. The lowest BCUT2D eigenvalue weighted by molar-refractivity contribution is 0.584. The Hall–Kier alpha value is -0.320. The predicted molar refractivity (Wildman–Crippen MR) is 54.6 cm³/mol. The monoisotopic (exact) mass is 256 g/mol. The van der Waals surface area contributed by atoms with Crippen LogP contribution < -0.4 is 0 Å². The molecule has 0 spiro atoms. The summed E-state index contributed by atoms with van der Waals surface area (Å²) in [5.74, 6) is -0.672. The fraction of sp³-hybridized carbons (Fsp3) is 0.250. The van der Waals surface area contributed by atoms with Crippen LogP contribution in [0.5, 0.6) is 0 Å². The first-order chi connectivity index (χ1) is 6.34. The van der Waals surface area contributed by atoms with Crippen LogP contribution in [0, 0.1) is 5.82 Å². The van der Waals surface area contributed by atoms with Gasteiger partial charge >= 0.3 is 0 Å². The number of rotatable bonds is 2. The molecule has 1 rings (SSSR count). The van der Waals surface area contributed by atoms with Crippen molar-refractivity contribution in [2.24, 2.45) is 0 Å². The van der Waals surface area contributed by atoms with Crippen molar-refractivity contribution in [1.29, 1.82) is 0 Å². The third-order valence-corrected chi connectivity index (χ3v) is 4.04. The zero-order valence-electron chi connectivity index (χ0n) is 7.17. The Morgan fingerprint density at radius 2 is 2.00 bits per heavy atom. The van der Waals surface area contributed by atoms with Gasteiger partial charge in [0.05, 0.1) is 0 Å². The number of hydrogen-bond acceptors (Lipinski definition) is 2. The van der Waals surface area contributed by atoms with Crippen molar-refractivity contribution in [3.63, 3.8) is 0 Å². The average molecular weight is 257 g/mol. The molecule has 1 unspecified atom stereocenters. The molecule has 0 aliphatic rings. The fourth-order valence-electron chi connectivity index (χ4n) is 1.04. The van der Waals surface area contributed by atoms with Gasteiger partial charge in [0.25, 0.3) is 0 Å². The molecule has 6 heteroatoms. The first-order valence-electron chi connectivity index (χ1n) is 3.71. The molecule has 1 aromatic rings. The predicted octanol–water partition coefficient (Wildman–Crippen LogP) is 3.11. The molecule has 0 aliphatic heterocycles. The van der Waals surface area contributed by atoms with E-state index in [1.807, 2.05) is 0 Å². The summed E-state index contributed by atoms with van der Waals surface area (Å²) in [5, 5.41) is -1.10. The van der Waals surface area contributed by atoms with Gasteiger partial charge in [0.1, 0.15) is 11.1 Å². The minimum atomic E-state index is -3.85. The summed E-state index contributed by atoms with van der Waals surface area (Å²) in [4.78, 5) is 0. The Labute approximate surface area is 91.1 Å². The minimum absolute atomic E-state index is 0.0572. The summed E-state index contributed by atoms with van der Waals surface area (Å²) in [6, 6.07) is 3.95. The maximum atomic E-state index is 13.2. The van der Waals surface area contributed by atoms with Gasteiger partial charge in [0, 0.05) is 21.3 Å². The van der Waals surface area contributed by atoms with E-state index in [9.17, 15) is 12.8 Å². The van der Waals surface area contributed by atoms with Crippen LogP contribution in [0.25, 0.3) is 0 Å². The second-order valence-electron chi connectivity index (χ2n) is 2.75. The number of hydrogen-bond donors (Lipinski definition) is 0. The zero-order chi connectivity index (χ0) is 10.9. The van der Waals surface area contributed by atoms with E-state index in [0.29, 0.717) is 0 Å². The summed E-state index contributed by atoms with van der Waals surface area (Å²) in [6.07, 6.45) is 0. The molecule has 78 valence electrons. The second-order valence-corrected chi connectivity index (χ2v) is 6.11. The summed E-state index contributed by atoms with van der Waals surface area (Å²) in [7, 11) is 1.26. The molecule has 1 atom stereocenters.